The largest absolute Gasteiger partial charge is 0.275 e. The molecule has 0 radical (unpaired) electrons. The van der Waals surface area contributed by atoms with Crippen molar-refractivity contribution in [1.29, 1.82) is 0 Å². The Morgan fingerprint density at radius 1 is 1.50 bits per heavy atom. The second-order valence-electron chi connectivity index (χ2n) is 2.33. The molecule has 0 aromatic heterocycles. The van der Waals surface area contributed by atoms with Crippen LogP contribution in [-0.4, -0.2) is 5.24 Å². The van der Waals surface area contributed by atoms with Gasteiger partial charge in [-0.15, -0.1) is 0 Å². The van der Waals surface area contributed by atoms with Gasteiger partial charge in [0, 0.05) is 0 Å². The predicted molar refractivity (Wildman–Crippen MR) is 46.3 cm³/mol. The van der Waals surface area contributed by atoms with E-state index >= 15 is 0 Å². The molecule has 1 aromatic carbocycles. The molecule has 0 atom stereocenters. The summed E-state index contributed by atoms with van der Waals surface area (Å²) in [6.45, 7) is 1.59. The standard InChI is InChI=1S/C8H5Cl2FO/c1-4-2-3-5(9)7(11)6(4)8(10)12/h2-3H,1H3. The molecular weight excluding hydrogens is 202 g/mol. The first kappa shape index (κ1) is 9.49. The number of halogens is 3. The van der Waals surface area contributed by atoms with Gasteiger partial charge in [0.2, 0.25) is 0 Å². The first-order valence-corrected chi connectivity index (χ1v) is 3.94. The number of benzene rings is 1. The van der Waals surface area contributed by atoms with Crippen molar-refractivity contribution in [1.82, 2.24) is 0 Å². The zero-order valence-electron chi connectivity index (χ0n) is 6.20. The van der Waals surface area contributed by atoms with Gasteiger partial charge in [-0.05, 0) is 30.2 Å². The van der Waals surface area contributed by atoms with Gasteiger partial charge in [-0.1, -0.05) is 17.7 Å². The average molecular weight is 207 g/mol. The molecule has 0 saturated carbocycles. The lowest BCUT2D eigenvalue weighted by atomic mass is 10.1. The number of carbonyl (C=O) groups excluding carboxylic acids is 1. The van der Waals surface area contributed by atoms with Crippen molar-refractivity contribution >= 4 is 28.4 Å². The van der Waals surface area contributed by atoms with Crippen LogP contribution in [0.1, 0.15) is 15.9 Å². The van der Waals surface area contributed by atoms with Crippen molar-refractivity contribution in [2.75, 3.05) is 0 Å². The summed E-state index contributed by atoms with van der Waals surface area (Å²) < 4.78 is 13.1. The Morgan fingerprint density at radius 3 is 2.50 bits per heavy atom. The van der Waals surface area contributed by atoms with Crippen LogP contribution in [0.25, 0.3) is 0 Å². The lowest BCUT2D eigenvalue weighted by Crippen LogP contribution is -1.98. The number of hydrogen-bond acceptors (Lipinski definition) is 1. The number of rotatable bonds is 1. The minimum Gasteiger partial charge on any atom is -0.275 e. The highest BCUT2D eigenvalue weighted by molar-refractivity contribution is 6.68. The van der Waals surface area contributed by atoms with E-state index < -0.39 is 11.1 Å². The Kier molecular flexibility index (Phi) is 2.70. The van der Waals surface area contributed by atoms with Gasteiger partial charge in [-0.3, -0.25) is 4.79 Å². The quantitative estimate of drug-likeness (QED) is 0.646. The Balaban J connectivity index is 3.43. The van der Waals surface area contributed by atoms with E-state index in [1.165, 1.54) is 6.07 Å². The van der Waals surface area contributed by atoms with Crippen molar-refractivity contribution in [3.8, 4) is 0 Å². The molecule has 0 aliphatic heterocycles. The molecule has 1 nitrogen and oxygen atoms in total. The number of aryl methyl sites for hydroxylation is 1. The summed E-state index contributed by atoms with van der Waals surface area (Å²) in [5.41, 5.74) is 0.334. The molecule has 0 spiro atoms. The third-order valence-corrected chi connectivity index (χ3v) is 1.98. The molecule has 0 fully saturated rings. The summed E-state index contributed by atoms with van der Waals surface area (Å²) in [5.74, 6) is -0.753. The van der Waals surface area contributed by atoms with E-state index in [0.717, 1.165) is 0 Å². The van der Waals surface area contributed by atoms with E-state index in [4.69, 9.17) is 23.2 Å². The summed E-state index contributed by atoms with van der Waals surface area (Å²) in [4.78, 5) is 10.7. The van der Waals surface area contributed by atoms with Gasteiger partial charge in [0.25, 0.3) is 5.24 Å². The molecule has 0 unspecified atom stereocenters. The summed E-state index contributed by atoms with van der Waals surface area (Å²) >= 11 is 10.6. The minimum absolute atomic E-state index is 0.0930. The molecule has 1 rings (SSSR count). The fourth-order valence-electron chi connectivity index (χ4n) is 0.888. The van der Waals surface area contributed by atoms with Crippen molar-refractivity contribution in [3.05, 3.63) is 34.1 Å². The van der Waals surface area contributed by atoms with Crippen LogP contribution in [-0.2, 0) is 0 Å². The van der Waals surface area contributed by atoms with Gasteiger partial charge in [0.15, 0.2) is 5.82 Å². The van der Waals surface area contributed by atoms with Crippen LogP contribution in [0.3, 0.4) is 0 Å². The maximum Gasteiger partial charge on any atom is 0.255 e. The smallest absolute Gasteiger partial charge is 0.255 e. The fourth-order valence-corrected chi connectivity index (χ4v) is 1.28. The van der Waals surface area contributed by atoms with E-state index in [2.05, 4.69) is 0 Å². The Morgan fingerprint density at radius 2 is 2.08 bits per heavy atom. The zero-order valence-corrected chi connectivity index (χ0v) is 7.71. The molecular formula is C8H5Cl2FO. The highest BCUT2D eigenvalue weighted by atomic mass is 35.5. The van der Waals surface area contributed by atoms with Crippen LogP contribution in [0.5, 0.6) is 0 Å². The molecule has 64 valence electrons. The molecule has 0 aliphatic carbocycles. The van der Waals surface area contributed by atoms with E-state index in [1.54, 1.807) is 13.0 Å². The maximum absolute atomic E-state index is 13.1. The van der Waals surface area contributed by atoms with Crippen LogP contribution >= 0.6 is 23.2 Å². The second-order valence-corrected chi connectivity index (χ2v) is 3.08. The van der Waals surface area contributed by atoms with E-state index in [-0.39, 0.29) is 10.6 Å². The van der Waals surface area contributed by atoms with Crippen LogP contribution in [0, 0.1) is 12.7 Å². The predicted octanol–water partition coefficient (Wildman–Crippen LogP) is 3.17. The van der Waals surface area contributed by atoms with Crippen LogP contribution < -0.4 is 0 Å². The lowest BCUT2D eigenvalue weighted by molar-refractivity contribution is 0.107. The first-order valence-electron chi connectivity index (χ1n) is 3.18. The third-order valence-electron chi connectivity index (χ3n) is 1.50. The van der Waals surface area contributed by atoms with E-state index in [1.807, 2.05) is 0 Å². The summed E-state index contributed by atoms with van der Waals surface area (Å²) in [7, 11) is 0. The first-order chi connectivity index (χ1) is 5.54. The third kappa shape index (κ3) is 1.59. The van der Waals surface area contributed by atoms with Gasteiger partial charge < -0.3 is 0 Å². The maximum atomic E-state index is 13.1. The monoisotopic (exact) mass is 206 g/mol. The van der Waals surface area contributed by atoms with Gasteiger partial charge in [0.05, 0.1) is 10.6 Å². The topological polar surface area (TPSA) is 17.1 Å². The SMILES string of the molecule is Cc1ccc(Cl)c(F)c1C(=O)Cl. The second kappa shape index (κ2) is 3.42. The molecule has 12 heavy (non-hydrogen) atoms. The average Bonchev–Trinajstić information content (AvgIpc) is 1.97. The van der Waals surface area contributed by atoms with Crippen molar-refractivity contribution in [2.45, 2.75) is 6.92 Å². The molecule has 0 heterocycles. The number of carbonyl (C=O) groups is 1. The Labute approximate surface area is 79.1 Å². The van der Waals surface area contributed by atoms with Crippen molar-refractivity contribution in [2.24, 2.45) is 0 Å². The van der Waals surface area contributed by atoms with Crippen molar-refractivity contribution in [3.63, 3.8) is 0 Å². The molecule has 1 aromatic rings. The van der Waals surface area contributed by atoms with E-state index in [0.29, 0.717) is 5.56 Å². The molecule has 0 amide bonds. The number of hydrogen-bond donors (Lipinski definition) is 0. The fraction of sp³-hybridized carbons (Fsp3) is 0.125. The lowest BCUT2D eigenvalue weighted by Gasteiger charge is -2.02. The van der Waals surface area contributed by atoms with Gasteiger partial charge in [-0.25, -0.2) is 4.39 Å². The zero-order chi connectivity index (χ0) is 9.30. The van der Waals surface area contributed by atoms with Gasteiger partial charge in [0.1, 0.15) is 0 Å². The Hall–Kier alpha value is -0.600. The van der Waals surface area contributed by atoms with Crippen LogP contribution in [0.2, 0.25) is 5.02 Å². The van der Waals surface area contributed by atoms with Gasteiger partial charge >= 0.3 is 0 Å². The van der Waals surface area contributed by atoms with Gasteiger partial charge in [-0.2, -0.15) is 0 Å². The summed E-state index contributed by atoms with van der Waals surface area (Å²) in [6.07, 6.45) is 0. The molecule has 0 bridgehead atoms. The normalized spacial score (nSPS) is 10.0. The van der Waals surface area contributed by atoms with Crippen LogP contribution in [0.4, 0.5) is 4.39 Å². The molecule has 0 N–H and O–H groups in total. The van der Waals surface area contributed by atoms with Crippen LogP contribution in [0.15, 0.2) is 12.1 Å². The Bertz CT molecular complexity index is 336. The molecule has 0 saturated heterocycles. The molecule has 0 aliphatic rings. The highest BCUT2D eigenvalue weighted by Crippen LogP contribution is 2.22. The summed E-state index contributed by atoms with van der Waals surface area (Å²) in [6, 6.07) is 2.93. The molecule has 4 heteroatoms. The highest BCUT2D eigenvalue weighted by Gasteiger charge is 2.14. The summed E-state index contributed by atoms with van der Waals surface area (Å²) in [5, 5.41) is -0.919. The minimum atomic E-state index is -0.826. The van der Waals surface area contributed by atoms with E-state index in [9.17, 15) is 9.18 Å². The van der Waals surface area contributed by atoms with Crippen molar-refractivity contribution < 1.29 is 9.18 Å².